The molecule has 150 valence electrons. The number of fused-ring (bicyclic) bond motifs is 1. The number of rotatable bonds is 4. The maximum atomic E-state index is 13.4. The summed E-state index contributed by atoms with van der Waals surface area (Å²) >= 11 is 0. The molecule has 2 fully saturated rings. The van der Waals surface area contributed by atoms with Crippen LogP contribution in [0.15, 0.2) is 54.6 Å². The zero-order valence-electron chi connectivity index (χ0n) is 16.2. The number of amides is 2. The molecular weight excluding hydrogens is 372 g/mol. The molecule has 2 heterocycles. The molecule has 7 heteroatoms. The summed E-state index contributed by atoms with van der Waals surface area (Å²) in [7, 11) is 0. The van der Waals surface area contributed by atoms with Crippen molar-refractivity contribution in [1.29, 1.82) is 0 Å². The number of para-hydroxylation sites is 1. The topological polar surface area (TPSA) is 101 Å². The number of quaternary nitrogens is 1. The lowest BCUT2D eigenvalue weighted by Gasteiger charge is -2.26. The van der Waals surface area contributed by atoms with Gasteiger partial charge in [0.15, 0.2) is 0 Å². The molecule has 4 atom stereocenters. The normalized spacial score (nSPS) is 28.5. The number of benzene rings is 2. The molecule has 0 unspecified atom stereocenters. The van der Waals surface area contributed by atoms with Gasteiger partial charge < -0.3 is 15.2 Å². The first-order chi connectivity index (χ1) is 13.9. The number of phenolic OH excluding ortho intramolecular Hbond substituents is 1. The van der Waals surface area contributed by atoms with Gasteiger partial charge in [-0.05, 0) is 43.3 Å². The second-order valence-corrected chi connectivity index (χ2v) is 7.64. The monoisotopic (exact) mass is 395 g/mol. The summed E-state index contributed by atoms with van der Waals surface area (Å²) < 4.78 is 5.27. The van der Waals surface area contributed by atoms with Crippen molar-refractivity contribution in [2.24, 2.45) is 11.8 Å². The summed E-state index contributed by atoms with van der Waals surface area (Å²) in [6.07, 6.45) is 0. The van der Waals surface area contributed by atoms with E-state index >= 15 is 0 Å². The zero-order valence-corrected chi connectivity index (χ0v) is 16.2. The molecule has 0 aliphatic carbocycles. The van der Waals surface area contributed by atoms with E-state index in [4.69, 9.17) is 4.74 Å². The van der Waals surface area contributed by atoms with Crippen LogP contribution in [0.4, 0.5) is 5.69 Å². The van der Waals surface area contributed by atoms with Crippen molar-refractivity contribution in [2.45, 2.75) is 25.4 Å². The smallest absolute Gasteiger partial charge is 0.368 e. The molecule has 2 aliphatic rings. The zero-order chi connectivity index (χ0) is 20.8. The van der Waals surface area contributed by atoms with Gasteiger partial charge in [0.05, 0.1) is 12.3 Å². The van der Waals surface area contributed by atoms with Gasteiger partial charge in [-0.15, -0.1) is 0 Å². The van der Waals surface area contributed by atoms with Crippen molar-refractivity contribution >= 4 is 23.5 Å². The van der Waals surface area contributed by atoms with Crippen molar-refractivity contribution < 1.29 is 29.5 Å². The fourth-order valence-corrected chi connectivity index (χ4v) is 4.58. The van der Waals surface area contributed by atoms with E-state index in [1.54, 1.807) is 55.6 Å². The number of carbonyl (C=O) groups is 3. The van der Waals surface area contributed by atoms with Crippen LogP contribution in [0.1, 0.15) is 25.5 Å². The molecule has 2 aromatic rings. The van der Waals surface area contributed by atoms with Crippen LogP contribution < -0.4 is 10.2 Å². The minimum absolute atomic E-state index is 0.108. The number of imide groups is 1. The number of aromatic hydroxyl groups is 1. The third-order valence-electron chi connectivity index (χ3n) is 5.92. The van der Waals surface area contributed by atoms with Crippen LogP contribution in [0.5, 0.6) is 5.75 Å². The van der Waals surface area contributed by atoms with Gasteiger partial charge in [-0.25, -0.2) is 9.69 Å². The summed E-state index contributed by atoms with van der Waals surface area (Å²) in [6.45, 7) is 3.57. The molecular formula is C22H23N2O5+. The standard InChI is InChI=1S/C22H22N2O5/c1-3-29-21(28)22(2)17-16(18(23-22)13-9-11-15(25)12-10-13)19(26)24(20(17)27)14-7-5-4-6-8-14/h4-12,16-18,23,25H,3H2,1-2H3/p+1/t16-,17-,18-,22+/m0/s1. The Morgan fingerprint density at radius 1 is 1.10 bits per heavy atom. The van der Waals surface area contributed by atoms with Crippen molar-refractivity contribution in [1.82, 2.24) is 0 Å². The minimum atomic E-state index is -1.22. The molecule has 3 N–H and O–H groups in total. The number of hydrogen-bond donors (Lipinski definition) is 2. The number of hydrogen-bond acceptors (Lipinski definition) is 5. The van der Waals surface area contributed by atoms with Gasteiger partial charge in [0.25, 0.3) is 0 Å². The number of esters is 1. The highest BCUT2D eigenvalue weighted by atomic mass is 16.5. The average Bonchev–Trinajstić information content (AvgIpc) is 3.17. The van der Waals surface area contributed by atoms with Gasteiger partial charge in [0.2, 0.25) is 17.4 Å². The van der Waals surface area contributed by atoms with E-state index in [-0.39, 0.29) is 24.2 Å². The van der Waals surface area contributed by atoms with Crippen LogP contribution >= 0.6 is 0 Å². The predicted molar refractivity (Wildman–Crippen MR) is 104 cm³/mol. The van der Waals surface area contributed by atoms with Crippen molar-refractivity contribution in [3.63, 3.8) is 0 Å². The van der Waals surface area contributed by atoms with E-state index in [1.165, 1.54) is 17.0 Å². The molecule has 2 aromatic carbocycles. The second kappa shape index (κ2) is 7.00. The molecule has 0 bridgehead atoms. The summed E-state index contributed by atoms with van der Waals surface area (Å²) in [6, 6.07) is 14.8. The largest absolute Gasteiger partial charge is 0.508 e. The number of ether oxygens (including phenoxy) is 1. The van der Waals surface area contributed by atoms with E-state index in [2.05, 4.69) is 0 Å². The van der Waals surface area contributed by atoms with Gasteiger partial charge in [-0.1, -0.05) is 18.2 Å². The molecule has 0 saturated carbocycles. The lowest BCUT2D eigenvalue weighted by atomic mass is 9.80. The van der Waals surface area contributed by atoms with Crippen molar-refractivity contribution in [3.05, 3.63) is 60.2 Å². The first-order valence-electron chi connectivity index (χ1n) is 9.63. The highest BCUT2D eigenvalue weighted by molar-refractivity contribution is 6.23. The van der Waals surface area contributed by atoms with Crippen LogP contribution in [0.2, 0.25) is 0 Å². The lowest BCUT2D eigenvalue weighted by Crippen LogP contribution is -2.97. The van der Waals surface area contributed by atoms with Crippen molar-refractivity contribution in [2.75, 3.05) is 11.5 Å². The molecule has 2 amide bonds. The summed E-state index contributed by atoms with van der Waals surface area (Å²) in [5, 5.41) is 11.4. The number of anilines is 1. The molecule has 2 saturated heterocycles. The van der Waals surface area contributed by atoms with E-state index in [0.717, 1.165) is 5.56 Å². The fraction of sp³-hybridized carbons (Fsp3) is 0.318. The molecule has 0 radical (unpaired) electrons. The number of carbonyl (C=O) groups excluding carboxylic acids is 3. The summed E-state index contributed by atoms with van der Waals surface area (Å²) in [5.41, 5.74) is 0.0360. The molecule has 4 rings (SSSR count). The molecule has 0 aromatic heterocycles. The number of phenols is 1. The van der Waals surface area contributed by atoms with Crippen LogP contribution in [0, 0.1) is 11.8 Å². The molecule has 7 nitrogen and oxygen atoms in total. The van der Waals surface area contributed by atoms with E-state index < -0.39 is 29.4 Å². The Kier molecular flexibility index (Phi) is 4.62. The van der Waals surface area contributed by atoms with E-state index in [9.17, 15) is 19.5 Å². The van der Waals surface area contributed by atoms with Gasteiger partial charge in [-0.2, -0.15) is 0 Å². The predicted octanol–water partition coefficient (Wildman–Crippen LogP) is 1.14. The third kappa shape index (κ3) is 2.89. The summed E-state index contributed by atoms with van der Waals surface area (Å²) in [5.74, 6) is -2.66. The van der Waals surface area contributed by atoms with Crippen LogP contribution in [-0.4, -0.2) is 35.0 Å². The van der Waals surface area contributed by atoms with Gasteiger partial charge in [-0.3, -0.25) is 9.59 Å². The minimum Gasteiger partial charge on any atom is -0.508 e. The van der Waals surface area contributed by atoms with Gasteiger partial charge in [0.1, 0.15) is 23.6 Å². The van der Waals surface area contributed by atoms with Crippen LogP contribution in [-0.2, 0) is 19.1 Å². The highest BCUT2D eigenvalue weighted by Gasteiger charge is 2.70. The Hall–Kier alpha value is -3.19. The Morgan fingerprint density at radius 2 is 1.76 bits per heavy atom. The lowest BCUT2D eigenvalue weighted by molar-refractivity contribution is -0.731. The summed E-state index contributed by atoms with van der Waals surface area (Å²) in [4.78, 5) is 40.8. The van der Waals surface area contributed by atoms with Crippen molar-refractivity contribution in [3.8, 4) is 5.75 Å². The average molecular weight is 395 g/mol. The Morgan fingerprint density at radius 3 is 2.38 bits per heavy atom. The van der Waals surface area contributed by atoms with E-state index in [1.807, 2.05) is 6.07 Å². The first kappa shape index (κ1) is 19.1. The van der Waals surface area contributed by atoms with Crippen LogP contribution in [0.3, 0.4) is 0 Å². The van der Waals surface area contributed by atoms with Gasteiger partial charge in [0, 0.05) is 12.5 Å². The first-order valence-corrected chi connectivity index (χ1v) is 9.63. The third-order valence-corrected chi connectivity index (χ3v) is 5.92. The fourth-order valence-electron chi connectivity index (χ4n) is 4.58. The van der Waals surface area contributed by atoms with Crippen LogP contribution in [0.25, 0.3) is 0 Å². The van der Waals surface area contributed by atoms with Gasteiger partial charge >= 0.3 is 5.97 Å². The highest BCUT2D eigenvalue weighted by Crippen LogP contribution is 2.45. The Labute approximate surface area is 168 Å². The SMILES string of the molecule is CCOC(=O)[C@]1(C)[NH2+][C@@H](c2ccc(O)cc2)[C@H]2C(=O)N(c3ccccc3)C(=O)[C@H]21. The molecule has 0 spiro atoms. The Bertz CT molecular complexity index is 959. The maximum Gasteiger partial charge on any atom is 0.368 e. The Balaban J connectivity index is 1.81. The molecule has 2 aliphatic heterocycles. The second-order valence-electron chi connectivity index (χ2n) is 7.64. The maximum absolute atomic E-state index is 13.4. The van der Waals surface area contributed by atoms with E-state index in [0.29, 0.717) is 5.69 Å². The number of nitrogens with zero attached hydrogens (tertiary/aromatic N) is 1. The molecule has 29 heavy (non-hydrogen) atoms. The quantitative estimate of drug-likeness (QED) is 0.597. The number of nitrogens with two attached hydrogens (primary N) is 1.